The van der Waals surface area contributed by atoms with Crippen LogP contribution >= 0.6 is 35.3 Å². The number of piperidine rings is 1. The Bertz CT molecular complexity index is 362. The van der Waals surface area contributed by atoms with E-state index >= 15 is 0 Å². The summed E-state index contributed by atoms with van der Waals surface area (Å²) in [5.74, 6) is 0.811. The molecule has 1 aromatic heterocycles. The predicted octanol–water partition coefficient (Wildman–Crippen LogP) is 1.85. The second-order valence-electron chi connectivity index (χ2n) is 4.59. The molecule has 1 atom stereocenters. The Hall–Kier alpha value is -0.340. The Kier molecular flexibility index (Phi) is 6.95. The zero-order valence-electron chi connectivity index (χ0n) is 10.4. The first kappa shape index (κ1) is 15.7. The molecular weight excluding hydrogens is 359 g/mol. The molecule has 1 aliphatic heterocycles. The molecule has 102 valence electrons. The summed E-state index contributed by atoms with van der Waals surface area (Å²) in [4.78, 5) is 8.07. The highest BCUT2D eigenvalue weighted by Gasteiger charge is 2.19. The van der Waals surface area contributed by atoms with Crippen LogP contribution < -0.4 is 11.5 Å². The first-order chi connectivity index (χ1) is 8.24. The van der Waals surface area contributed by atoms with E-state index in [0.29, 0.717) is 5.92 Å². The topological polar surface area (TPSA) is 67.6 Å². The average Bonchev–Trinajstić information content (AvgIpc) is 2.80. The van der Waals surface area contributed by atoms with Gasteiger partial charge >= 0.3 is 0 Å². The van der Waals surface area contributed by atoms with Crippen LogP contribution in [0.1, 0.15) is 17.7 Å². The first-order valence-corrected chi connectivity index (χ1v) is 6.92. The standard InChI is InChI=1S/C12H20N4S.HI/c13-12(14)15-7-10-3-1-5-16(8-10)9-11-4-2-6-17-11;/h2,4,6,10H,1,3,5,7-9H2,(H4,13,14,15);1H. The van der Waals surface area contributed by atoms with Crippen LogP contribution in [0.2, 0.25) is 0 Å². The molecule has 1 aliphatic rings. The van der Waals surface area contributed by atoms with Gasteiger partial charge in [-0.3, -0.25) is 9.89 Å². The van der Waals surface area contributed by atoms with E-state index in [4.69, 9.17) is 11.5 Å². The number of guanidine groups is 1. The minimum atomic E-state index is 0. The Labute approximate surface area is 129 Å². The lowest BCUT2D eigenvalue weighted by molar-refractivity contribution is 0.172. The highest BCUT2D eigenvalue weighted by Crippen LogP contribution is 2.20. The molecule has 0 aromatic carbocycles. The Balaban J connectivity index is 0.00000162. The minimum Gasteiger partial charge on any atom is -0.370 e. The molecule has 0 spiro atoms. The van der Waals surface area contributed by atoms with Gasteiger partial charge in [-0.25, -0.2) is 0 Å². The van der Waals surface area contributed by atoms with Crippen molar-refractivity contribution in [1.82, 2.24) is 4.90 Å². The van der Waals surface area contributed by atoms with Crippen LogP contribution in [0.3, 0.4) is 0 Å². The number of likely N-dealkylation sites (tertiary alicyclic amines) is 1. The summed E-state index contributed by atoms with van der Waals surface area (Å²) in [6.45, 7) is 4.13. The third-order valence-electron chi connectivity index (χ3n) is 3.09. The van der Waals surface area contributed by atoms with E-state index in [0.717, 1.165) is 19.6 Å². The molecule has 18 heavy (non-hydrogen) atoms. The summed E-state index contributed by atoms with van der Waals surface area (Å²) >= 11 is 1.83. The Morgan fingerprint density at radius 3 is 3.00 bits per heavy atom. The monoisotopic (exact) mass is 380 g/mol. The Morgan fingerprint density at radius 1 is 1.50 bits per heavy atom. The zero-order valence-corrected chi connectivity index (χ0v) is 13.6. The van der Waals surface area contributed by atoms with Crippen molar-refractivity contribution in [2.45, 2.75) is 19.4 Å². The Morgan fingerprint density at radius 2 is 2.33 bits per heavy atom. The molecule has 0 amide bonds. The first-order valence-electron chi connectivity index (χ1n) is 6.04. The molecule has 0 saturated carbocycles. The fraction of sp³-hybridized carbons (Fsp3) is 0.583. The van der Waals surface area contributed by atoms with Crippen molar-refractivity contribution >= 4 is 41.3 Å². The number of aliphatic imine (C=N–C) groups is 1. The van der Waals surface area contributed by atoms with Gasteiger partial charge in [-0.05, 0) is 36.8 Å². The van der Waals surface area contributed by atoms with E-state index in [2.05, 4.69) is 27.4 Å². The lowest BCUT2D eigenvalue weighted by Crippen LogP contribution is -2.36. The fourth-order valence-electron chi connectivity index (χ4n) is 2.30. The van der Waals surface area contributed by atoms with E-state index in [1.54, 1.807) is 0 Å². The number of rotatable bonds is 4. The van der Waals surface area contributed by atoms with Crippen molar-refractivity contribution in [3.8, 4) is 0 Å². The maximum Gasteiger partial charge on any atom is 0.185 e. The summed E-state index contributed by atoms with van der Waals surface area (Å²) in [5, 5.41) is 2.14. The molecule has 1 fully saturated rings. The third kappa shape index (κ3) is 5.11. The number of halogens is 1. The SMILES string of the molecule is I.NC(N)=NCC1CCCN(Cc2cccs2)C1. The molecule has 4 N–H and O–H groups in total. The summed E-state index contributed by atoms with van der Waals surface area (Å²) < 4.78 is 0. The highest BCUT2D eigenvalue weighted by atomic mass is 127. The van der Waals surface area contributed by atoms with Gasteiger partial charge in [0.2, 0.25) is 0 Å². The number of hydrogen-bond donors (Lipinski definition) is 2. The quantitative estimate of drug-likeness (QED) is 0.476. The number of thiophene rings is 1. The summed E-state index contributed by atoms with van der Waals surface area (Å²) in [6, 6.07) is 4.31. The maximum absolute atomic E-state index is 5.37. The summed E-state index contributed by atoms with van der Waals surface area (Å²) in [5.41, 5.74) is 10.7. The van der Waals surface area contributed by atoms with Gasteiger partial charge in [0.05, 0.1) is 0 Å². The molecule has 2 rings (SSSR count). The van der Waals surface area contributed by atoms with Crippen molar-refractivity contribution in [1.29, 1.82) is 0 Å². The molecule has 6 heteroatoms. The van der Waals surface area contributed by atoms with E-state index in [9.17, 15) is 0 Å². The molecule has 1 aromatic rings. The van der Waals surface area contributed by atoms with E-state index < -0.39 is 0 Å². The van der Waals surface area contributed by atoms with Crippen molar-refractivity contribution in [3.05, 3.63) is 22.4 Å². The lowest BCUT2D eigenvalue weighted by Gasteiger charge is -2.31. The molecule has 1 saturated heterocycles. The second kappa shape index (κ2) is 7.96. The van der Waals surface area contributed by atoms with E-state index in [1.807, 2.05) is 11.3 Å². The normalized spacial score (nSPS) is 20.1. The van der Waals surface area contributed by atoms with Gasteiger partial charge in [0.15, 0.2) is 5.96 Å². The van der Waals surface area contributed by atoms with Crippen molar-refractivity contribution in [2.24, 2.45) is 22.4 Å². The molecule has 0 aliphatic carbocycles. The number of hydrogen-bond acceptors (Lipinski definition) is 3. The van der Waals surface area contributed by atoms with Crippen LogP contribution in [0.25, 0.3) is 0 Å². The van der Waals surface area contributed by atoms with Crippen molar-refractivity contribution < 1.29 is 0 Å². The number of nitrogens with zero attached hydrogens (tertiary/aromatic N) is 2. The van der Waals surface area contributed by atoms with Gasteiger partial charge in [0, 0.05) is 24.5 Å². The van der Waals surface area contributed by atoms with Gasteiger partial charge in [-0.15, -0.1) is 35.3 Å². The van der Waals surface area contributed by atoms with Gasteiger partial charge in [0.1, 0.15) is 0 Å². The van der Waals surface area contributed by atoms with Gasteiger partial charge in [-0.2, -0.15) is 0 Å². The van der Waals surface area contributed by atoms with Crippen molar-refractivity contribution in [2.75, 3.05) is 19.6 Å². The van der Waals surface area contributed by atoms with Gasteiger partial charge < -0.3 is 11.5 Å². The predicted molar refractivity (Wildman–Crippen MR) is 88.4 cm³/mol. The molecule has 1 unspecified atom stereocenters. The van der Waals surface area contributed by atoms with Gasteiger partial charge in [-0.1, -0.05) is 6.07 Å². The minimum absolute atomic E-state index is 0. The zero-order chi connectivity index (χ0) is 12.1. The van der Waals surface area contributed by atoms with Crippen molar-refractivity contribution in [3.63, 3.8) is 0 Å². The maximum atomic E-state index is 5.37. The third-order valence-corrected chi connectivity index (χ3v) is 3.96. The lowest BCUT2D eigenvalue weighted by atomic mass is 9.98. The largest absolute Gasteiger partial charge is 0.370 e. The number of nitrogens with two attached hydrogens (primary N) is 2. The molecule has 4 nitrogen and oxygen atoms in total. The van der Waals surface area contributed by atoms with Crippen LogP contribution in [-0.4, -0.2) is 30.5 Å². The molecule has 2 heterocycles. The second-order valence-corrected chi connectivity index (χ2v) is 5.62. The highest BCUT2D eigenvalue weighted by molar-refractivity contribution is 14.0. The van der Waals surface area contributed by atoms with Crippen LogP contribution in [0, 0.1) is 5.92 Å². The molecular formula is C12H21IN4S. The molecule has 0 radical (unpaired) electrons. The van der Waals surface area contributed by atoms with Crippen LogP contribution in [-0.2, 0) is 6.54 Å². The summed E-state index contributed by atoms with van der Waals surface area (Å²) in [6.07, 6.45) is 2.48. The van der Waals surface area contributed by atoms with Crippen LogP contribution in [0.15, 0.2) is 22.5 Å². The smallest absolute Gasteiger partial charge is 0.185 e. The van der Waals surface area contributed by atoms with Crippen LogP contribution in [0.5, 0.6) is 0 Å². The average molecular weight is 380 g/mol. The molecule has 0 bridgehead atoms. The van der Waals surface area contributed by atoms with E-state index in [-0.39, 0.29) is 29.9 Å². The fourth-order valence-corrected chi connectivity index (χ4v) is 3.05. The van der Waals surface area contributed by atoms with Crippen LogP contribution in [0.4, 0.5) is 0 Å². The van der Waals surface area contributed by atoms with E-state index in [1.165, 1.54) is 24.3 Å². The summed E-state index contributed by atoms with van der Waals surface area (Å²) in [7, 11) is 0. The van der Waals surface area contributed by atoms with Gasteiger partial charge in [0.25, 0.3) is 0 Å².